The second-order valence-electron chi connectivity index (χ2n) is 6.58. The van der Waals surface area contributed by atoms with Crippen molar-refractivity contribution < 1.29 is 22.7 Å². The van der Waals surface area contributed by atoms with E-state index in [1.807, 2.05) is 0 Å². The summed E-state index contributed by atoms with van der Waals surface area (Å²) in [5.74, 6) is -1.94. The quantitative estimate of drug-likeness (QED) is 0.538. The van der Waals surface area contributed by atoms with Crippen LogP contribution in [0.4, 0.5) is 5.69 Å². The molecule has 0 fully saturated rings. The summed E-state index contributed by atoms with van der Waals surface area (Å²) in [5.41, 5.74) is 0.370. The van der Waals surface area contributed by atoms with Gasteiger partial charge in [0.25, 0.3) is 5.91 Å². The summed E-state index contributed by atoms with van der Waals surface area (Å²) in [6.07, 6.45) is 0. The minimum atomic E-state index is -4.00. The topological polar surface area (TPSA) is 102 Å². The van der Waals surface area contributed by atoms with Gasteiger partial charge >= 0.3 is 5.97 Å². The van der Waals surface area contributed by atoms with Crippen molar-refractivity contribution in [3.05, 3.63) is 57.5 Å². The maximum atomic E-state index is 12.5. The zero-order valence-electron chi connectivity index (χ0n) is 16.0. The van der Waals surface area contributed by atoms with Crippen LogP contribution in [0.2, 0.25) is 15.1 Å². The predicted molar refractivity (Wildman–Crippen MR) is 116 cm³/mol. The number of hydrogen-bond donors (Lipinski definition) is 2. The highest BCUT2D eigenvalue weighted by atomic mass is 35.5. The molecular formula is C19H19Cl3N2O5S. The summed E-state index contributed by atoms with van der Waals surface area (Å²) >= 11 is 17.5. The lowest BCUT2D eigenvalue weighted by Crippen LogP contribution is -2.45. The minimum Gasteiger partial charge on any atom is -0.454 e. The third-order valence-electron chi connectivity index (χ3n) is 3.88. The first-order chi connectivity index (χ1) is 14.0. The number of benzene rings is 2. The zero-order chi connectivity index (χ0) is 22.5. The highest BCUT2D eigenvalue weighted by molar-refractivity contribution is 7.89. The first kappa shape index (κ1) is 24.4. The summed E-state index contributed by atoms with van der Waals surface area (Å²) in [6.45, 7) is 2.68. The largest absolute Gasteiger partial charge is 0.454 e. The van der Waals surface area contributed by atoms with Crippen LogP contribution in [0.25, 0.3) is 0 Å². The molecule has 2 aromatic carbocycles. The molecule has 2 N–H and O–H groups in total. The molecule has 0 unspecified atom stereocenters. The fourth-order valence-corrected chi connectivity index (χ4v) is 4.06. The summed E-state index contributed by atoms with van der Waals surface area (Å²) < 4.78 is 32.4. The van der Waals surface area contributed by atoms with Crippen LogP contribution in [0.1, 0.15) is 13.8 Å². The molecule has 0 spiro atoms. The van der Waals surface area contributed by atoms with Crippen molar-refractivity contribution in [2.75, 3.05) is 11.9 Å². The van der Waals surface area contributed by atoms with E-state index in [0.717, 1.165) is 0 Å². The summed E-state index contributed by atoms with van der Waals surface area (Å²) in [7, 11) is -4.00. The predicted octanol–water partition coefficient (Wildman–Crippen LogP) is 4.13. The van der Waals surface area contributed by atoms with Crippen molar-refractivity contribution >= 4 is 62.4 Å². The van der Waals surface area contributed by atoms with Crippen LogP contribution in [-0.2, 0) is 24.3 Å². The summed E-state index contributed by atoms with van der Waals surface area (Å²) in [5, 5.41) is 3.46. The minimum absolute atomic E-state index is 0.0530. The van der Waals surface area contributed by atoms with E-state index in [4.69, 9.17) is 39.5 Å². The van der Waals surface area contributed by atoms with E-state index >= 15 is 0 Å². The summed E-state index contributed by atoms with van der Waals surface area (Å²) in [6, 6.07) is 8.77. The average molecular weight is 494 g/mol. The Kier molecular flexibility index (Phi) is 8.52. The lowest BCUT2D eigenvalue weighted by molar-refractivity contribution is -0.150. The average Bonchev–Trinajstić information content (AvgIpc) is 2.67. The van der Waals surface area contributed by atoms with E-state index in [2.05, 4.69) is 10.0 Å². The van der Waals surface area contributed by atoms with E-state index in [9.17, 15) is 18.0 Å². The number of rotatable bonds is 8. The van der Waals surface area contributed by atoms with Gasteiger partial charge in [0.1, 0.15) is 6.04 Å². The third kappa shape index (κ3) is 6.85. The number of halogens is 3. The third-order valence-corrected chi connectivity index (χ3v) is 6.32. The van der Waals surface area contributed by atoms with E-state index in [1.54, 1.807) is 13.8 Å². The van der Waals surface area contributed by atoms with Gasteiger partial charge in [0, 0.05) is 10.7 Å². The molecule has 2 aromatic rings. The fourth-order valence-electron chi connectivity index (χ4n) is 2.30. The van der Waals surface area contributed by atoms with Crippen LogP contribution in [0.5, 0.6) is 0 Å². The Balaban J connectivity index is 2.00. The first-order valence-electron chi connectivity index (χ1n) is 8.69. The van der Waals surface area contributed by atoms with E-state index in [-0.39, 0.29) is 9.92 Å². The number of anilines is 1. The number of carbonyl (C=O) groups excluding carboxylic acids is 2. The Labute approximate surface area is 189 Å². The molecule has 162 valence electrons. The second-order valence-corrected chi connectivity index (χ2v) is 9.55. The van der Waals surface area contributed by atoms with Gasteiger partial charge in [0.2, 0.25) is 10.0 Å². The van der Waals surface area contributed by atoms with E-state index < -0.39 is 40.5 Å². The first-order valence-corrected chi connectivity index (χ1v) is 11.3. The lowest BCUT2D eigenvalue weighted by atomic mass is 10.1. The van der Waals surface area contributed by atoms with Gasteiger partial charge in [-0.2, -0.15) is 4.72 Å². The van der Waals surface area contributed by atoms with Crippen molar-refractivity contribution in [2.24, 2.45) is 5.92 Å². The number of nitrogens with one attached hydrogen (secondary N) is 2. The van der Waals surface area contributed by atoms with E-state index in [0.29, 0.717) is 15.7 Å². The van der Waals surface area contributed by atoms with Crippen LogP contribution in [0.3, 0.4) is 0 Å². The maximum Gasteiger partial charge on any atom is 0.324 e. The molecule has 0 bridgehead atoms. The number of carbonyl (C=O) groups is 2. The Hall–Kier alpha value is -1.84. The number of ether oxygens (including phenoxy) is 1. The maximum absolute atomic E-state index is 12.5. The van der Waals surface area contributed by atoms with Gasteiger partial charge in [0.15, 0.2) is 6.61 Å². The van der Waals surface area contributed by atoms with Crippen LogP contribution in [0.15, 0.2) is 47.4 Å². The molecule has 0 aliphatic heterocycles. The van der Waals surface area contributed by atoms with E-state index in [1.165, 1.54) is 42.5 Å². The van der Waals surface area contributed by atoms with Gasteiger partial charge in [0.05, 0.1) is 14.9 Å². The molecule has 0 saturated heterocycles. The second kappa shape index (κ2) is 10.5. The van der Waals surface area contributed by atoms with Gasteiger partial charge in [-0.25, -0.2) is 8.42 Å². The van der Waals surface area contributed by atoms with Gasteiger partial charge in [-0.3, -0.25) is 9.59 Å². The Morgan fingerprint density at radius 1 is 1.00 bits per heavy atom. The van der Waals surface area contributed by atoms with Crippen LogP contribution < -0.4 is 10.0 Å². The molecule has 30 heavy (non-hydrogen) atoms. The molecule has 7 nitrogen and oxygen atoms in total. The molecule has 0 aliphatic rings. The van der Waals surface area contributed by atoms with Gasteiger partial charge in [-0.05, 0) is 48.4 Å². The molecule has 0 saturated carbocycles. The molecular weight excluding hydrogens is 475 g/mol. The van der Waals surface area contributed by atoms with Gasteiger partial charge in [-0.15, -0.1) is 0 Å². The molecule has 11 heteroatoms. The standard InChI is InChI=1S/C19H19Cl3N2O5S/c1-11(2)18(24-30(27,28)14-6-3-12(20)4-7-14)19(26)29-10-17(25)23-13-5-8-15(21)16(22)9-13/h3-9,11,18,24H,10H2,1-2H3,(H,23,25)/t18-/m0/s1. The van der Waals surface area contributed by atoms with Crippen LogP contribution >= 0.6 is 34.8 Å². The SMILES string of the molecule is CC(C)[C@H](NS(=O)(=O)c1ccc(Cl)cc1)C(=O)OCC(=O)Nc1ccc(Cl)c(Cl)c1. The molecule has 1 atom stereocenters. The molecule has 0 aromatic heterocycles. The van der Waals surface area contributed by atoms with Crippen LogP contribution in [0, 0.1) is 5.92 Å². The fraction of sp³-hybridized carbons (Fsp3) is 0.263. The zero-order valence-corrected chi connectivity index (χ0v) is 19.1. The van der Waals surface area contributed by atoms with Crippen LogP contribution in [-0.4, -0.2) is 32.9 Å². The normalized spacial score (nSPS) is 12.5. The Bertz CT molecular complexity index is 1030. The highest BCUT2D eigenvalue weighted by Gasteiger charge is 2.30. The number of sulfonamides is 1. The van der Waals surface area contributed by atoms with Crippen molar-refractivity contribution in [1.29, 1.82) is 0 Å². The number of amides is 1. The number of hydrogen-bond acceptors (Lipinski definition) is 5. The highest BCUT2D eigenvalue weighted by Crippen LogP contribution is 2.25. The monoisotopic (exact) mass is 492 g/mol. The van der Waals surface area contributed by atoms with Crippen molar-refractivity contribution in [1.82, 2.24) is 4.72 Å². The Morgan fingerprint density at radius 2 is 1.63 bits per heavy atom. The molecule has 1 amide bonds. The molecule has 0 radical (unpaired) electrons. The number of esters is 1. The summed E-state index contributed by atoms with van der Waals surface area (Å²) in [4.78, 5) is 24.4. The van der Waals surface area contributed by atoms with Crippen molar-refractivity contribution in [2.45, 2.75) is 24.8 Å². The molecule has 2 rings (SSSR count). The molecule has 0 aliphatic carbocycles. The lowest BCUT2D eigenvalue weighted by Gasteiger charge is -2.20. The smallest absolute Gasteiger partial charge is 0.324 e. The van der Waals surface area contributed by atoms with Gasteiger partial charge in [-0.1, -0.05) is 48.7 Å². The van der Waals surface area contributed by atoms with Gasteiger partial charge < -0.3 is 10.1 Å². The molecule has 0 heterocycles. The van der Waals surface area contributed by atoms with Crippen molar-refractivity contribution in [3.8, 4) is 0 Å². The van der Waals surface area contributed by atoms with Crippen molar-refractivity contribution in [3.63, 3.8) is 0 Å². The Morgan fingerprint density at radius 3 is 2.20 bits per heavy atom.